The van der Waals surface area contributed by atoms with Gasteiger partial charge in [0.05, 0.1) is 11.8 Å². The predicted octanol–water partition coefficient (Wildman–Crippen LogP) is 4.85. The standard InChI is InChI=1S/C25H19N5O2/c31-25(18-9-5-2-6-10-18)28-19-11-12-20(23-29-21-14-26-16-27-24(21)30-23)22(13-19)32-15-17-7-3-1-4-8-17/h1-14,16H,15H2,(H,28,31)(H,26,27,29,30). The molecule has 32 heavy (non-hydrogen) atoms. The van der Waals surface area contributed by atoms with Crippen LogP contribution in [0.3, 0.4) is 0 Å². The van der Waals surface area contributed by atoms with Gasteiger partial charge in [-0.15, -0.1) is 0 Å². The van der Waals surface area contributed by atoms with Gasteiger partial charge in [-0.2, -0.15) is 0 Å². The average molecular weight is 421 g/mol. The maximum atomic E-state index is 12.6. The topological polar surface area (TPSA) is 92.8 Å². The van der Waals surface area contributed by atoms with Gasteiger partial charge in [-0.1, -0.05) is 48.5 Å². The Morgan fingerprint density at radius 3 is 2.53 bits per heavy atom. The lowest BCUT2D eigenvalue weighted by Crippen LogP contribution is -2.11. The van der Waals surface area contributed by atoms with Crippen LogP contribution >= 0.6 is 0 Å². The quantitative estimate of drug-likeness (QED) is 0.409. The Morgan fingerprint density at radius 1 is 0.969 bits per heavy atom. The predicted molar refractivity (Wildman–Crippen MR) is 122 cm³/mol. The molecular formula is C25H19N5O2. The first-order valence-electron chi connectivity index (χ1n) is 10.1. The Balaban J connectivity index is 1.48. The van der Waals surface area contributed by atoms with Crippen LogP contribution in [-0.2, 0) is 6.61 Å². The second-order valence-corrected chi connectivity index (χ2v) is 7.15. The average Bonchev–Trinajstić information content (AvgIpc) is 3.28. The van der Waals surface area contributed by atoms with Crippen molar-refractivity contribution in [2.75, 3.05) is 5.32 Å². The first-order chi connectivity index (χ1) is 15.8. The van der Waals surface area contributed by atoms with E-state index in [0.717, 1.165) is 16.6 Å². The number of anilines is 1. The number of hydrogen-bond donors (Lipinski definition) is 2. The number of hydrogen-bond acceptors (Lipinski definition) is 5. The van der Waals surface area contributed by atoms with Crippen molar-refractivity contribution in [3.63, 3.8) is 0 Å². The van der Waals surface area contributed by atoms with Crippen LogP contribution < -0.4 is 10.1 Å². The molecule has 0 spiro atoms. The number of nitrogens with one attached hydrogen (secondary N) is 2. The summed E-state index contributed by atoms with van der Waals surface area (Å²) in [6.45, 7) is 0.379. The minimum atomic E-state index is -0.189. The van der Waals surface area contributed by atoms with Crippen LogP contribution in [0.15, 0.2) is 91.4 Å². The maximum Gasteiger partial charge on any atom is 0.255 e. The SMILES string of the molecule is O=C(Nc1ccc(-c2nc3ncncc3[nH]2)c(OCc2ccccc2)c1)c1ccccc1. The molecule has 0 saturated heterocycles. The third kappa shape index (κ3) is 4.17. The van der Waals surface area contributed by atoms with Crippen LogP contribution in [0.1, 0.15) is 15.9 Å². The Hall–Kier alpha value is -4.52. The van der Waals surface area contributed by atoms with E-state index < -0.39 is 0 Å². The van der Waals surface area contributed by atoms with Crippen molar-refractivity contribution in [3.05, 3.63) is 103 Å². The fourth-order valence-corrected chi connectivity index (χ4v) is 3.33. The Labute approximate surface area is 184 Å². The molecule has 7 nitrogen and oxygen atoms in total. The van der Waals surface area contributed by atoms with E-state index in [0.29, 0.717) is 35.1 Å². The fraction of sp³-hybridized carbons (Fsp3) is 0.0400. The van der Waals surface area contributed by atoms with Gasteiger partial charge in [-0.3, -0.25) is 4.79 Å². The highest BCUT2D eigenvalue weighted by atomic mass is 16.5. The van der Waals surface area contributed by atoms with Crippen molar-refractivity contribution in [1.82, 2.24) is 19.9 Å². The summed E-state index contributed by atoms with van der Waals surface area (Å²) in [5.74, 6) is 1.02. The smallest absolute Gasteiger partial charge is 0.255 e. The minimum Gasteiger partial charge on any atom is -0.488 e. The number of amides is 1. The summed E-state index contributed by atoms with van der Waals surface area (Å²) in [6.07, 6.45) is 3.14. The van der Waals surface area contributed by atoms with Gasteiger partial charge in [0.25, 0.3) is 5.91 Å². The van der Waals surface area contributed by atoms with E-state index in [1.54, 1.807) is 24.4 Å². The van der Waals surface area contributed by atoms with Gasteiger partial charge in [0.1, 0.15) is 30.0 Å². The lowest BCUT2D eigenvalue weighted by molar-refractivity contribution is 0.102. The van der Waals surface area contributed by atoms with Gasteiger partial charge >= 0.3 is 0 Å². The number of carbonyl (C=O) groups is 1. The summed E-state index contributed by atoms with van der Waals surface area (Å²) in [4.78, 5) is 28.6. The molecule has 0 unspecified atom stereocenters. The summed E-state index contributed by atoms with van der Waals surface area (Å²) < 4.78 is 6.15. The van der Waals surface area contributed by atoms with Gasteiger partial charge in [0, 0.05) is 17.3 Å². The second kappa shape index (κ2) is 8.69. The van der Waals surface area contributed by atoms with Crippen molar-refractivity contribution < 1.29 is 9.53 Å². The summed E-state index contributed by atoms with van der Waals surface area (Å²) in [6, 6.07) is 24.5. The zero-order valence-corrected chi connectivity index (χ0v) is 17.0. The molecule has 5 rings (SSSR count). The third-order valence-electron chi connectivity index (χ3n) is 4.93. The molecule has 0 bridgehead atoms. The molecule has 0 atom stereocenters. The third-order valence-corrected chi connectivity index (χ3v) is 4.93. The van der Waals surface area contributed by atoms with Gasteiger partial charge in [-0.05, 0) is 29.8 Å². The summed E-state index contributed by atoms with van der Waals surface area (Å²) in [7, 11) is 0. The molecule has 0 saturated carbocycles. The van der Waals surface area contributed by atoms with Gasteiger partial charge < -0.3 is 15.0 Å². The van der Waals surface area contributed by atoms with Gasteiger partial charge in [0.2, 0.25) is 0 Å². The highest BCUT2D eigenvalue weighted by Crippen LogP contribution is 2.32. The number of ether oxygens (including phenoxy) is 1. The summed E-state index contributed by atoms with van der Waals surface area (Å²) >= 11 is 0. The molecule has 2 N–H and O–H groups in total. The lowest BCUT2D eigenvalue weighted by atomic mass is 10.1. The molecule has 7 heteroatoms. The van der Waals surface area contributed by atoms with E-state index in [9.17, 15) is 4.79 Å². The normalized spacial score (nSPS) is 10.8. The van der Waals surface area contributed by atoms with Crippen molar-refractivity contribution in [2.45, 2.75) is 6.61 Å². The van der Waals surface area contributed by atoms with E-state index in [-0.39, 0.29) is 5.91 Å². The van der Waals surface area contributed by atoms with E-state index in [1.165, 1.54) is 6.33 Å². The summed E-state index contributed by atoms with van der Waals surface area (Å²) in [5.41, 5.74) is 4.31. The molecular weight excluding hydrogens is 402 g/mol. The number of carbonyl (C=O) groups excluding carboxylic acids is 1. The zero-order valence-electron chi connectivity index (χ0n) is 17.0. The molecule has 0 aliphatic rings. The van der Waals surface area contributed by atoms with Crippen molar-refractivity contribution in [3.8, 4) is 17.1 Å². The van der Waals surface area contributed by atoms with E-state index in [1.807, 2.05) is 60.7 Å². The lowest BCUT2D eigenvalue weighted by Gasteiger charge is -2.13. The Bertz CT molecular complexity index is 1330. The van der Waals surface area contributed by atoms with E-state index in [2.05, 4.69) is 25.3 Å². The van der Waals surface area contributed by atoms with Crippen LogP contribution in [0.5, 0.6) is 5.75 Å². The van der Waals surface area contributed by atoms with E-state index in [4.69, 9.17) is 4.74 Å². The number of benzene rings is 3. The molecule has 2 heterocycles. The number of fused-ring (bicyclic) bond motifs is 1. The number of aromatic amines is 1. The molecule has 156 valence electrons. The minimum absolute atomic E-state index is 0.189. The Morgan fingerprint density at radius 2 is 1.75 bits per heavy atom. The fourth-order valence-electron chi connectivity index (χ4n) is 3.33. The van der Waals surface area contributed by atoms with Crippen LogP contribution in [0.2, 0.25) is 0 Å². The molecule has 0 fully saturated rings. The zero-order chi connectivity index (χ0) is 21.8. The molecule has 1 amide bonds. The van der Waals surface area contributed by atoms with E-state index >= 15 is 0 Å². The monoisotopic (exact) mass is 421 g/mol. The maximum absolute atomic E-state index is 12.6. The number of imidazole rings is 1. The van der Waals surface area contributed by atoms with Crippen molar-refractivity contribution in [2.24, 2.45) is 0 Å². The molecule has 0 aliphatic heterocycles. The van der Waals surface area contributed by atoms with Crippen LogP contribution in [-0.4, -0.2) is 25.8 Å². The van der Waals surface area contributed by atoms with Gasteiger partial charge in [0.15, 0.2) is 5.65 Å². The van der Waals surface area contributed by atoms with Crippen LogP contribution in [0, 0.1) is 0 Å². The number of aromatic nitrogens is 4. The number of H-pyrrole nitrogens is 1. The Kier molecular flexibility index (Phi) is 5.28. The van der Waals surface area contributed by atoms with Crippen LogP contribution in [0.4, 0.5) is 5.69 Å². The molecule has 5 aromatic rings. The highest BCUT2D eigenvalue weighted by molar-refractivity contribution is 6.04. The van der Waals surface area contributed by atoms with Gasteiger partial charge in [-0.25, -0.2) is 15.0 Å². The largest absolute Gasteiger partial charge is 0.488 e. The molecule has 0 radical (unpaired) electrons. The highest BCUT2D eigenvalue weighted by Gasteiger charge is 2.14. The molecule has 3 aromatic carbocycles. The van der Waals surface area contributed by atoms with Crippen LogP contribution in [0.25, 0.3) is 22.6 Å². The first-order valence-corrected chi connectivity index (χ1v) is 10.1. The van der Waals surface area contributed by atoms with Crippen molar-refractivity contribution >= 4 is 22.8 Å². The number of nitrogens with zero attached hydrogens (tertiary/aromatic N) is 3. The molecule has 0 aliphatic carbocycles. The summed E-state index contributed by atoms with van der Waals surface area (Å²) in [5, 5.41) is 2.93. The van der Waals surface area contributed by atoms with Crippen molar-refractivity contribution in [1.29, 1.82) is 0 Å². The second-order valence-electron chi connectivity index (χ2n) is 7.15. The first kappa shape index (κ1) is 19.4. The number of rotatable bonds is 6. The molecule has 2 aromatic heterocycles.